The molecular formula is C15H20O2. The van der Waals surface area contributed by atoms with Crippen molar-refractivity contribution >= 4 is 5.57 Å². The van der Waals surface area contributed by atoms with Gasteiger partial charge in [-0.05, 0) is 57.4 Å². The second-order valence-corrected chi connectivity index (χ2v) is 4.56. The average Bonchev–Trinajstić information content (AvgIpc) is 2.22. The maximum absolute atomic E-state index is 9.83. The van der Waals surface area contributed by atoms with E-state index in [2.05, 4.69) is 19.9 Å². The highest BCUT2D eigenvalue weighted by atomic mass is 16.3. The van der Waals surface area contributed by atoms with Crippen LogP contribution >= 0.6 is 0 Å². The van der Waals surface area contributed by atoms with Gasteiger partial charge in [0.2, 0.25) is 0 Å². The lowest BCUT2D eigenvalue weighted by molar-refractivity contribution is 0.455. The summed E-state index contributed by atoms with van der Waals surface area (Å²) in [7, 11) is 0. The molecule has 0 amide bonds. The van der Waals surface area contributed by atoms with Crippen LogP contribution < -0.4 is 0 Å². The quantitative estimate of drug-likeness (QED) is 0.606. The molecular weight excluding hydrogens is 212 g/mol. The summed E-state index contributed by atoms with van der Waals surface area (Å²) in [4.78, 5) is 0. The number of allylic oxidation sites excluding steroid dienone is 4. The van der Waals surface area contributed by atoms with Crippen molar-refractivity contribution in [3.63, 3.8) is 0 Å². The molecule has 1 aromatic carbocycles. The molecule has 0 saturated heterocycles. The largest absolute Gasteiger partial charge is 0.508 e. The maximum atomic E-state index is 9.83. The smallest absolute Gasteiger partial charge is 0.123 e. The average molecular weight is 232 g/mol. The van der Waals surface area contributed by atoms with E-state index in [4.69, 9.17) is 0 Å². The molecule has 0 saturated carbocycles. The Balaban J connectivity index is 3.00. The minimum atomic E-state index is 0.214. The van der Waals surface area contributed by atoms with Crippen LogP contribution in [0.2, 0.25) is 0 Å². The van der Waals surface area contributed by atoms with Gasteiger partial charge in [-0.3, -0.25) is 0 Å². The first kappa shape index (κ1) is 13.4. The molecule has 0 radical (unpaired) electrons. The number of hydrogen-bond donors (Lipinski definition) is 2. The molecule has 0 aromatic heterocycles. The molecule has 2 nitrogen and oxygen atoms in total. The molecule has 0 atom stereocenters. The van der Waals surface area contributed by atoms with Gasteiger partial charge in [-0.25, -0.2) is 0 Å². The van der Waals surface area contributed by atoms with E-state index in [1.54, 1.807) is 19.1 Å². The Morgan fingerprint density at radius 3 is 2.29 bits per heavy atom. The third-order valence-electron chi connectivity index (χ3n) is 2.69. The molecule has 0 aliphatic heterocycles. The van der Waals surface area contributed by atoms with Gasteiger partial charge in [-0.15, -0.1) is 0 Å². The third kappa shape index (κ3) is 3.66. The first-order valence-corrected chi connectivity index (χ1v) is 5.75. The van der Waals surface area contributed by atoms with Crippen LogP contribution in [0.3, 0.4) is 0 Å². The van der Waals surface area contributed by atoms with E-state index in [0.29, 0.717) is 11.1 Å². The maximum Gasteiger partial charge on any atom is 0.123 e. The fraction of sp³-hybridized carbons (Fsp3) is 0.333. The summed E-state index contributed by atoms with van der Waals surface area (Å²) in [6.45, 7) is 7.81. The number of phenols is 2. The fourth-order valence-corrected chi connectivity index (χ4v) is 1.58. The van der Waals surface area contributed by atoms with Crippen LogP contribution in [0, 0.1) is 6.92 Å². The zero-order chi connectivity index (χ0) is 13.0. The lowest BCUT2D eigenvalue weighted by atomic mass is 10.0. The van der Waals surface area contributed by atoms with Crippen molar-refractivity contribution in [3.05, 3.63) is 41.0 Å². The number of aryl methyl sites for hydroxylation is 1. The van der Waals surface area contributed by atoms with Gasteiger partial charge in [0.1, 0.15) is 11.5 Å². The molecule has 0 spiro atoms. The topological polar surface area (TPSA) is 40.5 Å². The summed E-state index contributed by atoms with van der Waals surface area (Å²) in [5.41, 5.74) is 3.61. The zero-order valence-electron chi connectivity index (χ0n) is 10.9. The Bertz CT molecular complexity index is 464. The van der Waals surface area contributed by atoms with Gasteiger partial charge in [0, 0.05) is 5.56 Å². The van der Waals surface area contributed by atoms with Crippen LogP contribution in [-0.4, -0.2) is 10.2 Å². The van der Waals surface area contributed by atoms with Crippen molar-refractivity contribution in [2.75, 3.05) is 0 Å². The van der Waals surface area contributed by atoms with Crippen LogP contribution in [0.4, 0.5) is 0 Å². The minimum Gasteiger partial charge on any atom is -0.508 e. The zero-order valence-corrected chi connectivity index (χ0v) is 10.9. The van der Waals surface area contributed by atoms with Crippen LogP contribution in [0.15, 0.2) is 29.9 Å². The molecule has 0 bridgehead atoms. The second kappa shape index (κ2) is 5.58. The molecule has 0 unspecified atom stereocenters. The molecule has 17 heavy (non-hydrogen) atoms. The first-order chi connectivity index (χ1) is 7.91. The summed E-state index contributed by atoms with van der Waals surface area (Å²) >= 11 is 0. The van der Waals surface area contributed by atoms with Crippen molar-refractivity contribution < 1.29 is 10.2 Å². The van der Waals surface area contributed by atoms with E-state index in [0.717, 1.165) is 12.0 Å². The van der Waals surface area contributed by atoms with E-state index in [-0.39, 0.29) is 11.5 Å². The van der Waals surface area contributed by atoms with Crippen LogP contribution in [0.1, 0.15) is 38.3 Å². The van der Waals surface area contributed by atoms with Gasteiger partial charge in [-0.2, -0.15) is 0 Å². The number of rotatable bonds is 3. The van der Waals surface area contributed by atoms with Crippen molar-refractivity contribution in [2.45, 2.75) is 34.1 Å². The second-order valence-electron chi connectivity index (χ2n) is 4.56. The fourth-order valence-electron chi connectivity index (χ4n) is 1.58. The Hall–Kier alpha value is -1.70. The normalized spacial score (nSPS) is 11.4. The highest BCUT2D eigenvalue weighted by Crippen LogP contribution is 2.31. The Morgan fingerprint density at radius 2 is 1.71 bits per heavy atom. The van der Waals surface area contributed by atoms with Crippen molar-refractivity contribution in [2.24, 2.45) is 0 Å². The predicted molar refractivity (Wildman–Crippen MR) is 72.2 cm³/mol. The summed E-state index contributed by atoms with van der Waals surface area (Å²) in [6, 6.07) is 3.20. The van der Waals surface area contributed by atoms with Crippen LogP contribution in [0.5, 0.6) is 11.5 Å². The summed E-state index contributed by atoms with van der Waals surface area (Å²) in [6.07, 6.45) is 4.99. The van der Waals surface area contributed by atoms with E-state index < -0.39 is 0 Å². The van der Waals surface area contributed by atoms with E-state index in [1.807, 2.05) is 13.0 Å². The standard InChI is InChI=1S/C15H20O2/c1-10(2)6-5-7-11(3)13-9-14(16)12(4)8-15(13)17/h6-9,16-17H,5H2,1-4H3/b11-7+. The van der Waals surface area contributed by atoms with Crippen LogP contribution in [-0.2, 0) is 0 Å². The van der Waals surface area contributed by atoms with Crippen molar-refractivity contribution in [1.29, 1.82) is 0 Å². The molecule has 0 aliphatic carbocycles. The predicted octanol–water partition coefficient (Wildman–Crippen LogP) is 4.17. The number of phenolic OH excluding ortho intramolecular Hbond substituents is 2. The number of hydrogen-bond acceptors (Lipinski definition) is 2. The molecule has 0 aliphatic rings. The summed E-state index contributed by atoms with van der Waals surface area (Å²) in [5, 5.41) is 19.5. The summed E-state index contributed by atoms with van der Waals surface area (Å²) in [5.74, 6) is 0.430. The van der Waals surface area contributed by atoms with E-state index in [9.17, 15) is 10.2 Å². The lowest BCUT2D eigenvalue weighted by Crippen LogP contribution is -1.84. The Kier molecular flexibility index (Phi) is 4.38. The lowest BCUT2D eigenvalue weighted by Gasteiger charge is -2.08. The number of aromatic hydroxyl groups is 2. The monoisotopic (exact) mass is 232 g/mol. The summed E-state index contributed by atoms with van der Waals surface area (Å²) < 4.78 is 0. The van der Waals surface area contributed by atoms with Gasteiger partial charge in [-0.1, -0.05) is 17.7 Å². The van der Waals surface area contributed by atoms with E-state index in [1.165, 1.54) is 5.57 Å². The molecule has 2 N–H and O–H groups in total. The van der Waals surface area contributed by atoms with E-state index >= 15 is 0 Å². The van der Waals surface area contributed by atoms with Crippen molar-refractivity contribution in [1.82, 2.24) is 0 Å². The highest BCUT2D eigenvalue weighted by molar-refractivity contribution is 5.70. The SMILES string of the molecule is CC(C)=CC/C=C(\C)c1cc(O)c(C)cc1O. The Labute approximate surface area is 103 Å². The minimum absolute atomic E-state index is 0.214. The van der Waals surface area contributed by atoms with Gasteiger partial charge in [0.25, 0.3) is 0 Å². The molecule has 0 fully saturated rings. The van der Waals surface area contributed by atoms with Gasteiger partial charge >= 0.3 is 0 Å². The van der Waals surface area contributed by atoms with Gasteiger partial charge in [0.15, 0.2) is 0 Å². The van der Waals surface area contributed by atoms with Gasteiger partial charge < -0.3 is 10.2 Å². The van der Waals surface area contributed by atoms with Crippen LogP contribution in [0.25, 0.3) is 5.57 Å². The molecule has 0 heterocycles. The van der Waals surface area contributed by atoms with Crippen molar-refractivity contribution in [3.8, 4) is 11.5 Å². The molecule has 1 rings (SSSR count). The molecule has 1 aromatic rings. The number of benzene rings is 1. The highest BCUT2D eigenvalue weighted by Gasteiger charge is 2.06. The molecule has 2 heteroatoms. The third-order valence-corrected chi connectivity index (χ3v) is 2.69. The van der Waals surface area contributed by atoms with Gasteiger partial charge in [0.05, 0.1) is 0 Å². The Morgan fingerprint density at radius 1 is 1.06 bits per heavy atom. The molecule has 92 valence electrons. The first-order valence-electron chi connectivity index (χ1n) is 5.75.